The van der Waals surface area contributed by atoms with Gasteiger partial charge in [-0.1, -0.05) is 6.42 Å². The Kier molecular flexibility index (Phi) is 8.16. The molecular formula is C15H22ClFN2O3. The lowest BCUT2D eigenvalue weighted by atomic mass is 10.0. The van der Waals surface area contributed by atoms with Gasteiger partial charge in [0.05, 0.1) is 12.6 Å². The third-order valence-corrected chi connectivity index (χ3v) is 3.37. The summed E-state index contributed by atoms with van der Waals surface area (Å²) in [6.07, 6.45) is 2.93. The molecule has 0 saturated carbocycles. The van der Waals surface area contributed by atoms with Crippen LogP contribution in [0.15, 0.2) is 18.2 Å². The van der Waals surface area contributed by atoms with Crippen LogP contribution in [-0.2, 0) is 9.53 Å². The van der Waals surface area contributed by atoms with E-state index in [-0.39, 0.29) is 36.7 Å². The molecule has 1 saturated heterocycles. The predicted molar refractivity (Wildman–Crippen MR) is 85.3 cm³/mol. The molecule has 7 heteroatoms. The van der Waals surface area contributed by atoms with E-state index in [1.165, 1.54) is 12.1 Å². The van der Waals surface area contributed by atoms with Crippen molar-refractivity contribution in [1.82, 2.24) is 5.32 Å². The Morgan fingerprint density at radius 2 is 2.23 bits per heavy atom. The zero-order chi connectivity index (χ0) is 15.1. The Labute approximate surface area is 136 Å². The van der Waals surface area contributed by atoms with Crippen molar-refractivity contribution < 1.29 is 18.7 Å². The van der Waals surface area contributed by atoms with Crippen molar-refractivity contribution in [2.75, 3.05) is 32.2 Å². The monoisotopic (exact) mass is 332 g/mol. The predicted octanol–water partition coefficient (Wildman–Crippen LogP) is 2.35. The second-order valence-corrected chi connectivity index (χ2v) is 4.98. The largest absolute Gasteiger partial charge is 0.488 e. The highest BCUT2D eigenvalue weighted by molar-refractivity contribution is 5.94. The number of anilines is 1. The first kappa shape index (κ1) is 18.7. The molecule has 0 aliphatic carbocycles. The number of amides is 1. The lowest BCUT2D eigenvalue weighted by Crippen LogP contribution is -2.43. The summed E-state index contributed by atoms with van der Waals surface area (Å²) in [5, 5.41) is 5.88. The normalized spacial score (nSPS) is 17.5. The minimum absolute atomic E-state index is 0. The molecule has 2 rings (SSSR count). The maximum Gasteiger partial charge on any atom is 0.241 e. The Morgan fingerprint density at radius 3 is 2.86 bits per heavy atom. The maximum atomic E-state index is 13.8. The molecule has 5 nitrogen and oxygen atoms in total. The van der Waals surface area contributed by atoms with Gasteiger partial charge in [-0.2, -0.15) is 0 Å². The van der Waals surface area contributed by atoms with E-state index in [1.54, 1.807) is 13.2 Å². The highest BCUT2D eigenvalue weighted by Crippen LogP contribution is 2.21. The van der Waals surface area contributed by atoms with Crippen LogP contribution in [0.1, 0.15) is 19.3 Å². The Morgan fingerprint density at radius 1 is 1.41 bits per heavy atom. The first-order valence-electron chi connectivity index (χ1n) is 7.16. The fourth-order valence-corrected chi connectivity index (χ4v) is 2.24. The maximum absolute atomic E-state index is 13.8. The van der Waals surface area contributed by atoms with Crippen LogP contribution in [0.4, 0.5) is 10.1 Å². The smallest absolute Gasteiger partial charge is 0.241 e. The van der Waals surface area contributed by atoms with Gasteiger partial charge >= 0.3 is 0 Å². The molecule has 0 spiro atoms. The molecule has 0 radical (unpaired) electrons. The van der Waals surface area contributed by atoms with E-state index in [9.17, 15) is 9.18 Å². The van der Waals surface area contributed by atoms with Gasteiger partial charge in [-0.25, -0.2) is 4.39 Å². The third-order valence-electron chi connectivity index (χ3n) is 3.37. The van der Waals surface area contributed by atoms with Gasteiger partial charge in [-0.15, -0.1) is 12.4 Å². The van der Waals surface area contributed by atoms with Gasteiger partial charge in [0.25, 0.3) is 0 Å². The number of hydrogen-bond acceptors (Lipinski definition) is 4. The molecular weight excluding hydrogens is 311 g/mol. The summed E-state index contributed by atoms with van der Waals surface area (Å²) >= 11 is 0. The van der Waals surface area contributed by atoms with Crippen LogP contribution in [0, 0.1) is 5.82 Å². The van der Waals surface area contributed by atoms with Crippen molar-refractivity contribution in [3.05, 3.63) is 24.0 Å². The Hall–Kier alpha value is -1.37. The van der Waals surface area contributed by atoms with Crippen molar-refractivity contribution in [1.29, 1.82) is 0 Å². The van der Waals surface area contributed by atoms with Gasteiger partial charge in [0.1, 0.15) is 6.61 Å². The minimum atomic E-state index is -0.500. The van der Waals surface area contributed by atoms with Gasteiger partial charge in [0, 0.05) is 18.9 Å². The number of nitrogens with one attached hydrogen (secondary N) is 2. The van der Waals surface area contributed by atoms with Gasteiger partial charge in [-0.3, -0.25) is 4.79 Å². The molecule has 22 heavy (non-hydrogen) atoms. The van der Waals surface area contributed by atoms with Gasteiger partial charge in [-0.05, 0) is 31.5 Å². The van der Waals surface area contributed by atoms with Crippen LogP contribution in [0.5, 0.6) is 5.75 Å². The van der Waals surface area contributed by atoms with Crippen molar-refractivity contribution in [2.45, 2.75) is 25.3 Å². The molecule has 1 atom stereocenters. The van der Waals surface area contributed by atoms with Gasteiger partial charge < -0.3 is 20.1 Å². The van der Waals surface area contributed by atoms with E-state index in [0.29, 0.717) is 12.3 Å². The van der Waals surface area contributed by atoms with Crippen molar-refractivity contribution in [3.63, 3.8) is 0 Å². The topological polar surface area (TPSA) is 59.6 Å². The van der Waals surface area contributed by atoms with Crippen LogP contribution in [-0.4, -0.2) is 38.8 Å². The lowest BCUT2D eigenvalue weighted by molar-refractivity contribution is -0.118. The molecule has 1 aromatic rings. The van der Waals surface area contributed by atoms with Crippen LogP contribution < -0.4 is 15.4 Å². The fourth-order valence-electron chi connectivity index (χ4n) is 2.24. The third kappa shape index (κ3) is 5.44. The summed E-state index contributed by atoms with van der Waals surface area (Å²) in [7, 11) is 1.55. The zero-order valence-electron chi connectivity index (χ0n) is 12.6. The molecule has 1 heterocycles. The fraction of sp³-hybridized carbons (Fsp3) is 0.533. The summed E-state index contributed by atoms with van der Waals surface area (Å²) in [5.41, 5.74) is 0.434. The van der Waals surface area contributed by atoms with Crippen molar-refractivity contribution in [2.24, 2.45) is 0 Å². The quantitative estimate of drug-likeness (QED) is 0.785. The molecule has 0 bridgehead atoms. The van der Waals surface area contributed by atoms with Crippen LogP contribution >= 0.6 is 12.4 Å². The second-order valence-electron chi connectivity index (χ2n) is 4.98. The van der Waals surface area contributed by atoms with Crippen LogP contribution in [0.3, 0.4) is 0 Å². The van der Waals surface area contributed by atoms with Gasteiger partial charge in [0.2, 0.25) is 5.91 Å². The minimum Gasteiger partial charge on any atom is -0.488 e. The average Bonchev–Trinajstić information content (AvgIpc) is 2.50. The number of piperidine rings is 1. The number of ether oxygens (including phenoxy) is 2. The number of methoxy groups -OCH3 is 1. The van der Waals surface area contributed by atoms with E-state index in [0.717, 1.165) is 25.8 Å². The Bertz CT molecular complexity index is 482. The van der Waals surface area contributed by atoms with Gasteiger partial charge in [0.15, 0.2) is 11.6 Å². The van der Waals surface area contributed by atoms with E-state index < -0.39 is 5.82 Å². The molecule has 1 fully saturated rings. The zero-order valence-corrected chi connectivity index (χ0v) is 13.4. The average molecular weight is 333 g/mol. The number of carbonyl (C=O) groups is 1. The van der Waals surface area contributed by atoms with Crippen LogP contribution in [0.25, 0.3) is 0 Å². The summed E-state index contributed by atoms with van der Waals surface area (Å²) in [4.78, 5) is 12.0. The number of rotatable bonds is 6. The standard InChI is InChI=1S/C15H21FN2O3.ClH/c1-20-8-9-21-14-6-5-11(10-12(14)16)18-15(19)13-4-2-3-7-17-13;/h5-6,10,13,17H,2-4,7-9H2,1H3,(H,18,19);1H. The summed E-state index contributed by atoms with van der Waals surface area (Å²) in [6, 6.07) is 4.21. The first-order valence-corrected chi connectivity index (χ1v) is 7.16. The molecule has 124 valence electrons. The molecule has 1 amide bonds. The molecule has 0 aromatic heterocycles. The van der Waals surface area contributed by atoms with E-state index in [2.05, 4.69) is 10.6 Å². The van der Waals surface area contributed by atoms with E-state index in [4.69, 9.17) is 9.47 Å². The highest BCUT2D eigenvalue weighted by atomic mass is 35.5. The summed E-state index contributed by atoms with van der Waals surface area (Å²) in [5.74, 6) is -0.469. The summed E-state index contributed by atoms with van der Waals surface area (Å²) in [6.45, 7) is 1.52. The highest BCUT2D eigenvalue weighted by Gasteiger charge is 2.20. The van der Waals surface area contributed by atoms with E-state index >= 15 is 0 Å². The Balaban J connectivity index is 0.00000242. The van der Waals surface area contributed by atoms with Crippen molar-refractivity contribution >= 4 is 24.0 Å². The molecule has 1 aliphatic heterocycles. The number of halogens is 2. The second kappa shape index (κ2) is 9.61. The number of carbonyl (C=O) groups excluding carboxylic acids is 1. The number of benzene rings is 1. The summed E-state index contributed by atoms with van der Waals surface area (Å²) < 4.78 is 23.9. The van der Waals surface area contributed by atoms with E-state index in [1.807, 2.05) is 0 Å². The SMILES string of the molecule is COCCOc1ccc(NC(=O)C2CCCCN2)cc1F.Cl. The number of hydrogen-bond donors (Lipinski definition) is 2. The molecule has 2 N–H and O–H groups in total. The van der Waals surface area contributed by atoms with Crippen LogP contribution in [0.2, 0.25) is 0 Å². The first-order chi connectivity index (χ1) is 10.2. The molecule has 1 aromatic carbocycles. The molecule has 1 unspecified atom stereocenters. The lowest BCUT2D eigenvalue weighted by Gasteiger charge is -2.22. The molecule has 1 aliphatic rings. The van der Waals surface area contributed by atoms with Crippen molar-refractivity contribution in [3.8, 4) is 5.75 Å².